The van der Waals surface area contributed by atoms with Crippen LogP contribution in [-0.2, 0) is 37.8 Å². The molecule has 204 valence electrons. The zero-order valence-electron chi connectivity index (χ0n) is 24.3. The Balaban J connectivity index is 1.77. The summed E-state index contributed by atoms with van der Waals surface area (Å²) in [7, 11) is 0.781. The van der Waals surface area contributed by atoms with Crippen molar-refractivity contribution in [2.75, 3.05) is 0 Å². The van der Waals surface area contributed by atoms with Gasteiger partial charge in [-0.1, -0.05) is 0 Å². The van der Waals surface area contributed by atoms with Crippen LogP contribution in [0.3, 0.4) is 0 Å². The molecule has 1 aliphatic heterocycles. The Labute approximate surface area is 236 Å². The van der Waals surface area contributed by atoms with Crippen LogP contribution in [-0.4, -0.2) is 20.7 Å². The summed E-state index contributed by atoms with van der Waals surface area (Å²) in [6.07, 6.45) is 8.23. The van der Waals surface area contributed by atoms with E-state index < -0.39 is 0 Å². The monoisotopic (exact) mass is 576 g/mol. The summed E-state index contributed by atoms with van der Waals surface area (Å²) >= 11 is -0.181. The first-order valence-corrected chi connectivity index (χ1v) is 20.8. The number of hydrogen-bond acceptors (Lipinski definition) is 2. The van der Waals surface area contributed by atoms with Crippen molar-refractivity contribution in [3.05, 3.63) is 57.6 Å². The van der Waals surface area contributed by atoms with Gasteiger partial charge in [0.05, 0.1) is 0 Å². The first-order chi connectivity index (χ1) is 17.3. The number of phenols is 2. The van der Waals surface area contributed by atoms with Crippen molar-refractivity contribution in [1.82, 2.24) is 0 Å². The van der Waals surface area contributed by atoms with E-state index in [0.29, 0.717) is 27.4 Å². The van der Waals surface area contributed by atoms with E-state index in [4.69, 9.17) is 0 Å². The molecular weight excluding hydrogens is 528 g/mol. The van der Waals surface area contributed by atoms with E-state index in [1.807, 2.05) is 0 Å². The third kappa shape index (κ3) is 6.79. The van der Waals surface area contributed by atoms with Gasteiger partial charge < -0.3 is 0 Å². The van der Waals surface area contributed by atoms with Crippen LogP contribution in [0.4, 0.5) is 0 Å². The molecule has 0 bridgehead atoms. The molecular formula is C32H48O2S2Ti. The summed E-state index contributed by atoms with van der Waals surface area (Å²) in [5.41, 5.74) is 7.29. The van der Waals surface area contributed by atoms with Crippen LogP contribution in [0.1, 0.15) is 113 Å². The molecule has 0 spiro atoms. The van der Waals surface area contributed by atoms with E-state index in [9.17, 15) is 10.2 Å². The average Bonchev–Trinajstić information content (AvgIpc) is 3.07. The molecule has 2 aliphatic rings. The Bertz CT molecular complexity index is 1150. The molecule has 1 fully saturated rings. The van der Waals surface area contributed by atoms with Crippen molar-refractivity contribution in [3.63, 3.8) is 0 Å². The number of fused-ring (bicyclic) bond motifs is 1. The number of hydrogen-bond donors (Lipinski definition) is 2. The molecule has 1 heterocycles. The zero-order valence-corrected chi connectivity index (χ0v) is 27.5. The van der Waals surface area contributed by atoms with E-state index in [0.717, 1.165) is 33.1 Å². The van der Waals surface area contributed by atoms with Crippen molar-refractivity contribution < 1.29 is 25.7 Å². The zero-order chi connectivity index (χ0) is 27.1. The van der Waals surface area contributed by atoms with Gasteiger partial charge in [0.1, 0.15) is 0 Å². The van der Waals surface area contributed by atoms with Crippen LogP contribution < -0.4 is 0 Å². The molecule has 4 rings (SSSR count). The van der Waals surface area contributed by atoms with Crippen molar-refractivity contribution >= 4 is 15.9 Å². The van der Waals surface area contributed by atoms with Gasteiger partial charge in [0.25, 0.3) is 0 Å². The minimum atomic E-state index is -0.181. The van der Waals surface area contributed by atoms with Crippen molar-refractivity contribution in [3.8, 4) is 11.5 Å². The van der Waals surface area contributed by atoms with Gasteiger partial charge in [0.15, 0.2) is 0 Å². The van der Waals surface area contributed by atoms with E-state index >= 15 is 0 Å². The van der Waals surface area contributed by atoms with Gasteiger partial charge in [-0.2, -0.15) is 0 Å². The standard InChI is InChI=1S/C32H48O2S2.Ti/c1-21-15-25(31(3,4)5)17-23(29(21)33)19-35-27-13-11-9-10-12-14-28(27)36-20-24-18-26(32(6,7)8)16-22(2)30(24)34;/h15-18,27-28,33-34H,9-14,19-20H2,1-8H3;/t27-,28?;/m0./s1. The summed E-state index contributed by atoms with van der Waals surface area (Å²) in [5, 5.41) is 23.8. The molecule has 4 atom stereocenters. The topological polar surface area (TPSA) is 40.5 Å². The Morgan fingerprint density at radius 2 is 1.05 bits per heavy atom. The molecule has 2 aromatic rings. The number of aryl methyl sites for hydroxylation is 2. The number of benzene rings is 2. The van der Waals surface area contributed by atoms with Crippen LogP contribution >= 0.6 is 15.9 Å². The maximum atomic E-state index is 11.1. The third-order valence-corrected chi connectivity index (χ3v) is 24.1. The van der Waals surface area contributed by atoms with Crippen molar-refractivity contribution in [1.29, 1.82) is 0 Å². The quantitative estimate of drug-likeness (QED) is 0.356. The molecule has 0 aromatic heterocycles. The van der Waals surface area contributed by atoms with E-state index in [-0.39, 0.29) is 26.3 Å². The molecule has 0 radical (unpaired) electrons. The Morgan fingerprint density at radius 1 is 0.676 bits per heavy atom. The second-order valence-corrected chi connectivity index (χ2v) is 24.8. The van der Waals surface area contributed by atoms with Gasteiger partial charge in [-0.25, -0.2) is 0 Å². The normalized spacial score (nSPS) is 24.5. The first-order valence-electron chi connectivity index (χ1n) is 14.1. The molecule has 1 saturated carbocycles. The molecule has 5 heteroatoms. The second-order valence-electron chi connectivity index (χ2n) is 13.4. The maximum absolute atomic E-state index is 11.1. The predicted molar refractivity (Wildman–Crippen MR) is 161 cm³/mol. The summed E-state index contributed by atoms with van der Waals surface area (Å²) in [5.74, 6) is 3.20. The predicted octanol–water partition coefficient (Wildman–Crippen LogP) is 9.57. The van der Waals surface area contributed by atoms with E-state index in [1.165, 1.54) is 60.8 Å². The Kier molecular flexibility index (Phi) is 9.16. The Hall–Kier alpha value is -0.546. The molecule has 0 saturated heterocycles. The van der Waals surface area contributed by atoms with Crippen LogP contribution in [0.2, 0.25) is 0 Å². The summed E-state index contributed by atoms with van der Waals surface area (Å²) in [6.45, 7) is 17.8. The fraction of sp³-hybridized carbons (Fsp3) is 0.625. The molecule has 2 N–H and O–H groups in total. The number of aromatic hydroxyl groups is 2. The minimum absolute atomic E-state index is 0.0861. The van der Waals surface area contributed by atoms with Crippen molar-refractivity contribution in [2.24, 2.45) is 0 Å². The van der Waals surface area contributed by atoms with Crippen LogP contribution in [0.25, 0.3) is 0 Å². The average molecular weight is 577 g/mol. The molecule has 3 unspecified atom stereocenters. The fourth-order valence-corrected chi connectivity index (χ4v) is 26.6. The second kappa shape index (κ2) is 11.5. The molecule has 2 nitrogen and oxygen atoms in total. The van der Waals surface area contributed by atoms with Gasteiger partial charge in [-0.05, 0) is 0 Å². The van der Waals surface area contributed by atoms with Gasteiger partial charge in [0.2, 0.25) is 0 Å². The number of rotatable bonds is 4. The Morgan fingerprint density at radius 3 is 1.41 bits per heavy atom. The fourth-order valence-electron chi connectivity index (χ4n) is 5.73. The summed E-state index contributed by atoms with van der Waals surface area (Å²) in [6, 6.07) is 9.00. The third-order valence-electron chi connectivity index (χ3n) is 8.20. The van der Waals surface area contributed by atoms with E-state index in [1.54, 1.807) is 0 Å². The molecule has 2 aromatic carbocycles. The van der Waals surface area contributed by atoms with Crippen LogP contribution in [0, 0.1) is 13.8 Å². The summed E-state index contributed by atoms with van der Waals surface area (Å²) in [4.78, 5) is 0. The molecule has 37 heavy (non-hydrogen) atoms. The van der Waals surface area contributed by atoms with Crippen LogP contribution in [0.15, 0.2) is 24.3 Å². The van der Waals surface area contributed by atoms with Gasteiger partial charge in [-0.15, -0.1) is 0 Å². The van der Waals surface area contributed by atoms with Gasteiger partial charge in [-0.3, -0.25) is 0 Å². The first kappa shape index (κ1) is 29.4. The molecule has 1 aliphatic carbocycles. The molecule has 0 amide bonds. The van der Waals surface area contributed by atoms with Gasteiger partial charge in [0, 0.05) is 0 Å². The SMILES string of the molecule is Cc1cc(C(C)(C)C)cc(C[S]2=[Ti]=[S](Cc3cc(C(C)(C)C)cc(C)c3O)[C@H]3CCCCCCC32)c1O. The van der Waals surface area contributed by atoms with Gasteiger partial charge >= 0.3 is 237 Å². The van der Waals surface area contributed by atoms with Crippen molar-refractivity contribution in [2.45, 2.75) is 127 Å². The summed E-state index contributed by atoms with van der Waals surface area (Å²) < 4.78 is 0. The van der Waals surface area contributed by atoms with Crippen LogP contribution in [0.5, 0.6) is 11.5 Å². The number of phenolic OH excluding ortho intramolecular Hbond substituents is 2. The van der Waals surface area contributed by atoms with E-state index in [2.05, 4.69) is 79.7 Å².